The highest BCUT2D eigenvalue weighted by atomic mass is 16.2. The summed E-state index contributed by atoms with van der Waals surface area (Å²) < 4.78 is 0. The maximum absolute atomic E-state index is 12.2. The molecule has 0 aliphatic carbocycles. The van der Waals surface area contributed by atoms with Crippen LogP contribution in [0.15, 0.2) is 30.3 Å². The summed E-state index contributed by atoms with van der Waals surface area (Å²) in [6, 6.07) is 9.88. The first-order chi connectivity index (χ1) is 8.97. The number of para-hydroxylation sites is 1. The average molecular weight is 260 g/mol. The van der Waals surface area contributed by atoms with E-state index >= 15 is 0 Å². The minimum Gasteiger partial charge on any atom is -0.376 e. The Morgan fingerprint density at radius 1 is 1.32 bits per heavy atom. The molecule has 1 saturated heterocycles. The van der Waals surface area contributed by atoms with E-state index in [1.54, 1.807) is 0 Å². The number of nitrogens with one attached hydrogen (secondary N) is 1. The SMILES string of the molecule is CC(C)(C)C1CCN(C(=O)CNc2ccccc2)C1. The third-order valence-corrected chi connectivity index (χ3v) is 3.98. The predicted octanol–water partition coefficient (Wildman–Crippen LogP) is 2.99. The molecule has 1 amide bonds. The fourth-order valence-corrected chi connectivity index (χ4v) is 2.54. The first-order valence-corrected chi connectivity index (χ1v) is 7.03. The molecule has 1 aliphatic rings. The van der Waals surface area contributed by atoms with Crippen LogP contribution in [0, 0.1) is 11.3 Å². The molecule has 0 spiro atoms. The first kappa shape index (κ1) is 13.9. The highest BCUT2D eigenvalue weighted by Crippen LogP contribution is 2.33. The van der Waals surface area contributed by atoms with E-state index in [-0.39, 0.29) is 5.91 Å². The zero-order chi connectivity index (χ0) is 13.9. The van der Waals surface area contributed by atoms with E-state index in [2.05, 4.69) is 26.1 Å². The maximum atomic E-state index is 12.2. The molecule has 2 rings (SSSR count). The number of hydrogen-bond acceptors (Lipinski definition) is 2. The van der Waals surface area contributed by atoms with Crippen molar-refractivity contribution in [2.45, 2.75) is 27.2 Å². The molecule has 1 aliphatic heterocycles. The lowest BCUT2D eigenvalue weighted by Crippen LogP contribution is -2.35. The Morgan fingerprint density at radius 3 is 2.58 bits per heavy atom. The number of likely N-dealkylation sites (tertiary alicyclic amines) is 1. The second kappa shape index (κ2) is 5.64. The molecule has 1 heterocycles. The Balaban J connectivity index is 1.82. The van der Waals surface area contributed by atoms with Gasteiger partial charge >= 0.3 is 0 Å². The molecule has 1 atom stereocenters. The van der Waals surface area contributed by atoms with E-state index in [9.17, 15) is 4.79 Å². The summed E-state index contributed by atoms with van der Waals surface area (Å²) in [5.74, 6) is 0.823. The standard InChI is InChI=1S/C16H24N2O/c1-16(2,3)13-9-10-18(12-13)15(19)11-17-14-7-5-4-6-8-14/h4-8,13,17H,9-12H2,1-3H3. The van der Waals surface area contributed by atoms with E-state index in [1.165, 1.54) is 0 Å². The van der Waals surface area contributed by atoms with Crippen LogP contribution in [0.4, 0.5) is 5.69 Å². The van der Waals surface area contributed by atoms with Crippen LogP contribution in [0.5, 0.6) is 0 Å². The largest absolute Gasteiger partial charge is 0.376 e. The van der Waals surface area contributed by atoms with E-state index in [4.69, 9.17) is 0 Å². The number of hydrogen-bond donors (Lipinski definition) is 1. The topological polar surface area (TPSA) is 32.3 Å². The molecule has 0 radical (unpaired) electrons. The Bertz CT molecular complexity index is 422. The first-order valence-electron chi connectivity index (χ1n) is 7.03. The minimum absolute atomic E-state index is 0.204. The highest BCUT2D eigenvalue weighted by molar-refractivity contribution is 5.81. The number of carbonyl (C=O) groups excluding carboxylic acids is 1. The number of amides is 1. The van der Waals surface area contributed by atoms with Crippen molar-refractivity contribution >= 4 is 11.6 Å². The molecule has 1 N–H and O–H groups in total. The van der Waals surface area contributed by atoms with E-state index in [0.29, 0.717) is 17.9 Å². The summed E-state index contributed by atoms with van der Waals surface area (Å²) in [5.41, 5.74) is 1.30. The fourth-order valence-electron chi connectivity index (χ4n) is 2.54. The van der Waals surface area contributed by atoms with Crippen molar-refractivity contribution in [3.63, 3.8) is 0 Å². The lowest BCUT2D eigenvalue weighted by Gasteiger charge is -2.27. The van der Waals surface area contributed by atoms with Crippen LogP contribution < -0.4 is 5.32 Å². The fraction of sp³-hybridized carbons (Fsp3) is 0.562. The van der Waals surface area contributed by atoms with Gasteiger partial charge in [0.05, 0.1) is 6.54 Å². The van der Waals surface area contributed by atoms with Gasteiger partial charge in [-0.25, -0.2) is 0 Å². The molecule has 0 aromatic heterocycles. The number of rotatable bonds is 3. The summed E-state index contributed by atoms with van der Waals surface area (Å²) in [7, 11) is 0. The van der Waals surface area contributed by atoms with Gasteiger partial charge in [-0.3, -0.25) is 4.79 Å². The third kappa shape index (κ3) is 3.72. The molecule has 104 valence electrons. The molecular weight excluding hydrogens is 236 g/mol. The molecule has 3 heteroatoms. The van der Waals surface area contributed by atoms with Crippen molar-refractivity contribution in [2.75, 3.05) is 25.0 Å². The van der Waals surface area contributed by atoms with Gasteiger partial charge in [0.25, 0.3) is 0 Å². The molecular formula is C16H24N2O. The van der Waals surface area contributed by atoms with Crippen LogP contribution in [0.25, 0.3) is 0 Å². The maximum Gasteiger partial charge on any atom is 0.241 e. The average Bonchev–Trinajstić information content (AvgIpc) is 2.87. The van der Waals surface area contributed by atoms with Crippen molar-refractivity contribution < 1.29 is 4.79 Å². The van der Waals surface area contributed by atoms with E-state index in [0.717, 1.165) is 25.2 Å². The Kier molecular flexibility index (Phi) is 4.13. The van der Waals surface area contributed by atoms with Gasteiger partial charge in [0, 0.05) is 18.8 Å². The Hall–Kier alpha value is -1.51. The monoisotopic (exact) mass is 260 g/mol. The zero-order valence-electron chi connectivity index (χ0n) is 12.1. The molecule has 1 aromatic rings. The van der Waals surface area contributed by atoms with Crippen LogP contribution in [0.1, 0.15) is 27.2 Å². The van der Waals surface area contributed by atoms with Crippen molar-refractivity contribution in [3.8, 4) is 0 Å². The van der Waals surface area contributed by atoms with E-state index in [1.807, 2.05) is 35.2 Å². The Morgan fingerprint density at radius 2 is 2.00 bits per heavy atom. The predicted molar refractivity (Wildman–Crippen MR) is 79.1 cm³/mol. The number of nitrogens with zero attached hydrogens (tertiary/aromatic N) is 1. The lowest BCUT2D eigenvalue weighted by molar-refractivity contribution is -0.128. The lowest BCUT2D eigenvalue weighted by atomic mass is 9.80. The molecule has 1 fully saturated rings. The molecule has 0 saturated carbocycles. The van der Waals surface area contributed by atoms with Crippen LogP contribution in [-0.4, -0.2) is 30.4 Å². The Labute approximate surface area is 116 Å². The van der Waals surface area contributed by atoms with Crippen molar-refractivity contribution in [3.05, 3.63) is 30.3 Å². The normalized spacial score (nSPS) is 19.5. The molecule has 19 heavy (non-hydrogen) atoms. The number of carbonyl (C=O) groups is 1. The van der Waals surface area contributed by atoms with Crippen LogP contribution in [0.3, 0.4) is 0 Å². The minimum atomic E-state index is 0.204. The number of benzene rings is 1. The second-order valence-electron chi connectivity index (χ2n) is 6.41. The van der Waals surface area contributed by atoms with Crippen LogP contribution in [-0.2, 0) is 4.79 Å². The van der Waals surface area contributed by atoms with E-state index < -0.39 is 0 Å². The summed E-state index contributed by atoms with van der Waals surface area (Å²) in [6.45, 7) is 8.96. The van der Waals surface area contributed by atoms with Gasteiger partial charge in [0.15, 0.2) is 0 Å². The van der Waals surface area contributed by atoms with Gasteiger partial charge in [-0.2, -0.15) is 0 Å². The molecule has 1 aromatic carbocycles. The summed E-state index contributed by atoms with van der Waals surface area (Å²) in [4.78, 5) is 14.1. The summed E-state index contributed by atoms with van der Waals surface area (Å²) >= 11 is 0. The smallest absolute Gasteiger partial charge is 0.241 e. The van der Waals surface area contributed by atoms with Gasteiger partial charge in [-0.1, -0.05) is 39.0 Å². The molecule has 3 nitrogen and oxygen atoms in total. The van der Waals surface area contributed by atoms with Gasteiger partial charge < -0.3 is 10.2 Å². The quantitative estimate of drug-likeness (QED) is 0.906. The van der Waals surface area contributed by atoms with Gasteiger partial charge in [-0.05, 0) is 29.9 Å². The summed E-state index contributed by atoms with van der Waals surface area (Å²) in [6.07, 6.45) is 1.13. The van der Waals surface area contributed by atoms with Crippen molar-refractivity contribution in [1.29, 1.82) is 0 Å². The van der Waals surface area contributed by atoms with Crippen molar-refractivity contribution in [1.82, 2.24) is 4.90 Å². The molecule has 0 bridgehead atoms. The zero-order valence-corrected chi connectivity index (χ0v) is 12.1. The third-order valence-electron chi connectivity index (χ3n) is 3.98. The van der Waals surface area contributed by atoms with Crippen LogP contribution in [0.2, 0.25) is 0 Å². The van der Waals surface area contributed by atoms with Crippen molar-refractivity contribution in [2.24, 2.45) is 11.3 Å². The molecule has 1 unspecified atom stereocenters. The van der Waals surface area contributed by atoms with Gasteiger partial charge in [0.1, 0.15) is 0 Å². The highest BCUT2D eigenvalue weighted by Gasteiger charge is 2.33. The second-order valence-corrected chi connectivity index (χ2v) is 6.41. The van der Waals surface area contributed by atoms with Gasteiger partial charge in [-0.15, -0.1) is 0 Å². The van der Waals surface area contributed by atoms with Crippen LogP contribution >= 0.6 is 0 Å². The number of anilines is 1. The van der Waals surface area contributed by atoms with Gasteiger partial charge in [0.2, 0.25) is 5.91 Å². The summed E-state index contributed by atoms with van der Waals surface area (Å²) in [5, 5.41) is 3.18.